The fraction of sp³-hybridized carbons (Fsp3) is 0.111. The number of anilines is 1. The zero-order valence-corrected chi connectivity index (χ0v) is 15.7. The summed E-state index contributed by atoms with van der Waals surface area (Å²) in [5.41, 5.74) is 1.77. The van der Waals surface area contributed by atoms with Crippen LogP contribution in [0.2, 0.25) is 10.0 Å². The summed E-state index contributed by atoms with van der Waals surface area (Å²) in [6.07, 6.45) is 0. The number of carbonyl (C=O) groups excluding carboxylic acids is 1. The molecule has 0 fully saturated rings. The maximum absolute atomic E-state index is 12.3. The lowest BCUT2D eigenvalue weighted by atomic mass is 10.2. The topological polar surface area (TPSA) is 90.1 Å². The molecule has 0 saturated heterocycles. The molecular weight excluding hydrogens is 391 g/mol. The number of hydrogen-bond acceptors (Lipinski definition) is 4. The van der Waals surface area contributed by atoms with E-state index in [0.29, 0.717) is 22.4 Å². The molecule has 0 aliphatic carbocycles. The van der Waals surface area contributed by atoms with Gasteiger partial charge in [0.1, 0.15) is 0 Å². The number of aromatic nitrogens is 2. The molecule has 0 atom stereocenters. The SMILES string of the molecule is Cc1cc(NC(=O)c2cccc([N+](=O)[O-])c2)nn1Cc1ccc(Cl)c(Cl)c1. The number of hydrogen-bond donors (Lipinski definition) is 1. The molecule has 0 aliphatic heterocycles. The molecule has 3 aromatic rings. The number of aryl methyl sites for hydroxylation is 1. The average molecular weight is 405 g/mol. The molecule has 0 aliphatic rings. The van der Waals surface area contributed by atoms with Gasteiger partial charge < -0.3 is 5.32 Å². The predicted octanol–water partition coefficient (Wildman–Crippen LogP) is 4.71. The maximum Gasteiger partial charge on any atom is 0.270 e. The van der Waals surface area contributed by atoms with Crippen LogP contribution in [0.15, 0.2) is 48.5 Å². The summed E-state index contributed by atoms with van der Waals surface area (Å²) in [4.78, 5) is 22.6. The first kappa shape index (κ1) is 18.9. The van der Waals surface area contributed by atoms with Crippen molar-refractivity contribution in [2.75, 3.05) is 5.32 Å². The summed E-state index contributed by atoms with van der Waals surface area (Å²) in [5, 5.41) is 18.8. The molecule has 1 heterocycles. The number of nitro benzene ring substituents is 1. The predicted molar refractivity (Wildman–Crippen MR) is 104 cm³/mol. The Bertz CT molecular complexity index is 1030. The lowest BCUT2D eigenvalue weighted by Crippen LogP contribution is -2.13. The Morgan fingerprint density at radius 2 is 1.96 bits per heavy atom. The van der Waals surface area contributed by atoms with Crippen LogP contribution in [0.5, 0.6) is 0 Å². The Morgan fingerprint density at radius 3 is 2.67 bits per heavy atom. The van der Waals surface area contributed by atoms with E-state index in [4.69, 9.17) is 23.2 Å². The Hall–Kier alpha value is -2.90. The van der Waals surface area contributed by atoms with Gasteiger partial charge in [-0.25, -0.2) is 0 Å². The number of benzene rings is 2. The summed E-state index contributed by atoms with van der Waals surface area (Å²) in [6.45, 7) is 2.31. The van der Waals surface area contributed by atoms with Gasteiger partial charge >= 0.3 is 0 Å². The molecule has 1 N–H and O–H groups in total. The van der Waals surface area contributed by atoms with Crippen LogP contribution >= 0.6 is 23.2 Å². The molecule has 7 nitrogen and oxygen atoms in total. The molecule has 3 rings (SSSR count). The van der Waals surface area contributed by atoms with Gasteiger partial charge in [0.25, 0.3) is 11.6 Å². The fourth-order valence-corrected chi connectivity index (χ4v) is 2.81. The summed E-state index contributed by atoms with van der Waals surface area (Å²) in [6, 6.07) is 12.5. The van der Waals surface area contributed by atoms with Gasteiger partial charge in [0.15, 0.2) is 5.82 Å². The lowest BCUT2D eigenvalue weighted by Gasteiger charge is -2.06. The lowest BCUT2D eigenvalue weighted by molar-refractivity contribution is -0.384. The second kappa shape index (κ2) is 7.77. The molecule has 2 aromatic carbocycles. The monoisotopic (exact) mass is 404 g/mol. The molecule has 0 saturated carbocycles. The Balaban J connectivity index is 1.76. The fourth-order valence-electron chi connectivity index (χ4n) is 2.49. The molecule has 0 spiro atoms. The Morgan fingerprint density at radius 1 is 1.19 bits per heavy atom. The molecular formula is C18H14Cl2N4O3. The first-order valence-corrected chi connectivity index (χ1v) is 8.63. The number of amides is 1. The second-order valence-electron chi connectivity index (χ2n) is 5.84. The highest BCUT2D eigenvalue weighted by Gasteiger charge is 2.14. The van der Waals surface area contributed by atoms with Crippen molar-refractivity contribution in [3.8, 4) is 0 Å². The Kier molecular flexibility index (Phi) is 5.43. The number of nitrogens with one attached hydrogen (secondary N) is 1. The summed E-state index contributed by atoms with van der Waals surface area (Å²) < 4.78 is 1.71. The molecule has 27 heavy (non-hydrogen) atoms. The van der Waals surface area contributed by atoms with Gasteiger partial charge in [0, 0.05) is 29.5 Å². The van der Waals surface area contributed by atoms with E-state index in [2.05, 4.69) is 10.4 Å². The standard InChI is InChI=1S/C18H14Cl2N4O3/c1-11-7-17(21-18(25)13-3-2-4-14(9-13)24(26)27)22-23(11)10-12-5-6-15(19)16(20)8-12/h2-9H,10H2,1H3,(H,21,22,25). The average Bonchev–Trinajstić information content (AvgIpc) is 2.97. The summed E-state index contributed by atoms with van der Waals surface area (Å²) in [7, 11) is 0. The smallest absolute Gasteiger partial charge is 0.270 e. The van der Waals surface area contributed by atoms with Crippen LogP contribution in [0, 0.1) is 17.0 Å². The van der Waals surface area contributed by atoms with Crippen LogP contribution in [0.1, 0.15) is 21.6 Å². The highest BCUT2D eigenvalue weighted by molar-refractivity contribution is 6.42. The molecule has 1 aromatic heterocycles. The van der Waals surface area contributed by atoms with E-state index in [1.807, 2.05) is 13.0 Å². The number of carbonyl (C=O) groups is 1. The number of nitrogens with zero attached hydrogens (tertiary/aromatic N) is 3. The van der Waals surface area contributed by atoms with E-state index in [-0.39, 0.29) is 11.3 Å². The van der Waals surface area contributed by atoms with Crippen molar-refractivity contribution in [3.05, 3.63) is 85.5 Å². The number of nitro groups is 1. The van der Waals surface area contributed by atoms with Crippen molar-refractivity contribution in [2.45, 2.75) is 13.5 Å². The highest BCUT2D eigenvalue weighted by Crippen LogP contribution is 2.23. The van der Waals surface area contributed by atoms with E-state index < -0.39 is 10.8 Å². The van der Waals surface area contributed by atoms with E-state index >= 15 is 0 Å². The normalized spacial score (nSPS) is 10.6. The zero-order chi connectivity index (χ0) is 19.6. The van der Waals surface area contributed by atoms with Gasteiger partial charge in [-0.1, -0.05) is 35.3 Å². The van der Waals surface area contributed by atoms with E-state index in [9.17, 15) is 14.9 Å². The van der Waals surface area contributed by atoms with Crippen molar-refractivity contribution in [3.63, 3.8) is 0 Å². The maximum atomic E-state index is 12.3. The van der Waals surface area contributed by atoms with Crippen LogP contribution in [-0.4, -0.2) is 20.6 Å². The van der Waals surface area contributed by atoms with Gasteiger partial charge in [-0.15, -0.1) is 0 Å². The third kappa shape index (κ3) is 4.45. The number of non-ortho nitro benzene ring substituents is 1. The minimum Gasteiger partial charge on any atom is -0.305 e. The first-order valence-electron chi connectivity index (χ1n) is 7.87. The minimum absolute atomic E-state index is 0.149. The third-order valence-corrected chi connectivity index (χ3v) is 4.60. The van der Waals surface area contributed by atoms with E-state index in [1.165, 1.54) is 24.3 Å². The molecule has 9 heteroatoms. The van der Waals surface area contributed by atoms with Crippen LogP contribution in [-0.2, 0) is 6.54 Å². The van der Waals surface area contributed by atoms with Gasteiger partial charge in [0.2, 0.25) is 0 Å². The van der Waals surface area contributed by atoms with E-state index in [1.54, 1.807) is 22.9 Å². The quantitative estimate of drug-likeness (QED) is 0.492. The van der Waals surface area contributed by atoms with Crippen molar-refractivity contribution in [2.24, 2.45) is 0 Å². The summed E-state index contributed by atoms with van der Waals surface area (Å²) >= 11 is 12.0. The largest absolute Gasteiger partial charge is 0.305 e. The molecule has 138 valence electrons. The van der Waals surface area contributed by atoms with Crippen LogP contribution < -0.4 is 5.32 Å². The zero-order valence-electron chi connectivity index (χ0n) is 14.1. The van der Waals surface area contributed by atoms with Crippen LogP contribution in [0.4, 0.5) is 11.5 Å². The van der Waals surface area contributed by atoms with Crippen LogP contribution in [0.25, 0.3) is 0 Å². The van der Waals surface area contributed by atoms with Gasteiger partial charge in [0.05, 0.1) is 21.5 Å². The van der Waals surface area contributed by atoms with E-state index in [0.717, 1.165) is 11.3 Å². The van der Waals surface area contributed by atoms with Crippen LogP contribution in [0.3, 0.4) is 0 Å². The molecule has 1 amide bonds. The van der Waals surface area contributed by atoms with Crippen molar-refractivity contribution < 1.29 is 9.72 Å². The number of rotatable bonds is 5. The van der Waals surface area contributed by atoms with Crippen molar-refractivity contribution >= 4 is 40.6 Å². The minimum atomic E-state index is -0.549. The second-order valence-corrected chi connectivity index (χ2v) is 6.65. The van der Waals surface area contributed by atoms with Crippen molar-refractivity contribution in [1.29, 1.82) is 0 Å². The molecule has 0 unspecified atom stereocenters. The molecule has 0 bridgehead atoms. The summed E-state index contributed by atoms with van der Waals surface area (Å²) in [5.74, 6) is -0.123. The molecule has 0 radical (unpaired) electrons. The van der Waals surface area contributed by atoms with Gasteiger partial charge in [-0.05, 0) is 30.7 Å². The number of halogens is 2. The van der Waals surface area contributed by atoms with Crippen molar-refractivity contribution in [1.82, 2.24) is 9.78 Å². The first-order chi connectivity index (χ1) is 12.8. The highest BCUT2D eigenvalue weighted by atomic mass is 35.5. The van der Waals surface area contributed by atoms with Gasteiger partial charge in [-0.2, -0.15) is 5.10 Å². The third-order valence-electron chi connectivity index (χ3n) is 3.86. The Labute approximate surface area is 164 Å². The van der Waals surface area contributed by atoms with Gasteiger partial charge in [-0.3, -0.25) is 19.6 Å².